The normalized spacial score (nSPS) is 45.1. The average Bonchev–Trinajstić information content (AvgIpc) is 2.28. The van der Waals surface area contributed by atoms with Crippen LogP contribution in [0.4, 0.5) is 0 Å². The Morgan fingerprint density at radius 3 is 2.46 bits per heavy atom. The van der Waals surface area contributed by atoms with Crippen LogP contribution in [0.3, 0.4) is 0 Å². The lowest BCUT2D eigenvalue weighted by molar-refractivity contribution is -0.136. The summed E-state index contributed by atoms with van der Waals surface area (Å²) >= 11 is 0. The lowest BCUT2D eigenvalue weighted by atomic mass is 9.59. The fraction of sp³-hybridized carbons (Fsp3) is 0.818. The van der Waals surface area contributed by atoms with E-state index >= 15 is 0 Å². The van der Waals surface area contributed by atoms with Crippen molar-refractivity contribution in [3.63, 3.8) is 0 Å². The molecule has 72 valence electrons. The second kappa shape index (κ2) is 2.43. The molecule has 0 bridgehead atoms. The minimum Gasteiger partial charge on any atom is -0.300 e. The van der Waals surface area contributed by atoms with Gasteiger partial charge in [0.1, 0.15) is 11.6 Å². The first kappa shape index (κ1) is 8.92. The zero-order valence-corrected chi connectivity index (χ0v) is 8.35. The maximum absolute atomic E-state index is 11.7. The largest absolute Gasteiger partial charge is 0.300 e. The molecule has 0 radical (unpaired) electrons. The average molecular weight is 180 g/mol. The van der Waals surface area contributed by atoms with Crippen molar-refractivity contribution in [2.75, 3.05) is 0 Å². The van der Waals surface area contributed by atoms with Crippen molar-refractivity contribution in [3.8, 4) is 0 Å². The zero-order chi connectivity index (χ0) is 9.69. The quantitative estimate of drug-likeness (QED) is 0.572. The highest BCUT2D eigenvalue weighted by atomic mass is 16.1. The highest BCUT2D eigenvalue weighted by Crippen LogP contribution is 2.57. The molecule has 2 rings (SSSR count). The lowest BCUT2D eigenvalue weighted by Crippen LogP contribution is -2.42. The number of hydrogen-bond acceptors (Lipinski definition) is 2. The van der Waals surface area contributed by atoms with Gasteiger partial charge >= 0.3 is 0 Å². The van der Waals surface area contributed by atoms with Crippen molar-refractivity contribution >= 4 is 11.6 Å². The summed E-state index contributed by atoms with van der Waals surface area (Å²) in [6.45, 7) is 4.16. The molecule has 2 aliphatic carbocycles. The smallest absolute Gasteiger partial charge is 0.139 e. The molecule has 2 heteroatoms. The van der Waals surface area contributed by atoms with Gasteiger partial charge in [0.15, 0.2) is 0 Å². The van der Waals surface area contributed by atoms with E-state index in [2.05, 4.69) is 13.8 Å². The van der Waals surface area contributed by atoms with Gasteiger partial charge in [0.25, 0.3) is 0 Å². The minimum absolute atomic E-state index is 0.0284. The van der Waals surface area contributed by atoms with E-state index in [1.165, 1.54) is 0 Å². The van der Waals surface area contributed by atoms with Crippen LogP contribution in [-0.2, 0) is 9.59 Å². The minimum atomic E-state index is -0.194. The van der Waals surface area contributed by atoms with Gasteiger partial charge in [0.2, 0.25) is 0 Å². The van der Waals surface area contributed by atoms with Crippen molar-refractivity contribution in [3.05, 3.63) is 0 Å². The fourth-order valence-electron chi connectivity index (χ4n) is 2.92. The van der Waals surface area contributed by atoms with Gasteiger partial charge in [0.05, 0.1) is 0 Å². The first-order chi connectivity index (χ1) is 5.98. The van der Waals surface area contributed by atoms with Crippen LogP contribution in [0.5, 0.6) is 0 Å². The summed E-state index contributed by atoms with van der Waals surface area (Å²) in [4.78, 5) is 23.1. The summed E-state index contributed by atoms with van der Waals surface area (Å²) in [5, 5.41) is 0. The van der Waals surface area contributed by atoms with Crippen LogP contribution in [0, 0.1) is 10.8 Å². The van der Waals surface area contributed by atoms with E-state index < -0.39 is 0 Å². The highest BCUT2D eigenvalue weighted by Gasteiger charge is 2.56. The van der Waals surface area contributed by atoms with Gasteiger partial charge in [-0.25, -0.2) is 0 Å². The van der Waals surface area contributed by atoms with Crippen LogP contribution in [0.1, 0.15) is 46.0 Å². The number of rotatable bonds is 0. The first-order valence-corrected chi connectivity index (χ1v) is 5.03. The third kappa shape index (κ3) is 1.01. The molecule has 2 nitrogen and oxygen atoms in total. The molecular formula is C11H16O2. The summed E-state index contributed by atoms with van der Waals surface area (Å²) in [5.41, 5.74) is -0.222. The van der Waals surface area contributed by atoms with Crippen LogP contribution in [0.2, 0.25) is 0 Å². The third-order valence-corrected chi connectivity index (χ3v) is 4.34. The van der Waals surface area contributed by atoms with E-state index in [9.17, 15) is 9.59 Å². The summed E-state index contributed by atoms with van der Waals surface area (Å²) in [5.74, 6) is 0.720. The molecule has 2 aliphatic rings. The number of hydrogen-bond donors (Lipinski definition) is 0. The third-order valence-electron chi connectivity index (χ3n) is 4.34. The van der Waals surface area contributed by atoms with Crippen LogP contribution in [-0.4, -0.2) is 11.6 Å². The molecule has 0 aromatic rings. The standard InChI is InChI=1S/C11H16O2/c1-10-5-4-9(13)11(10,2)6-3-8(12)7-10/h3-7H2,1-2H3. The molecule has 2 fully saturated rings. The maximum Gasteiger partial charge on any atom is 0.139 e. The van der Waals surface area contributed by atoms with Crippen LogP contribution in [0.15, 0.2) is 0 Å². The SMILES string of the molecule is CC12CCC(=O)C1(C)CCC(=O)C2. The molecule has 0 heterocycles. The van der Waals surface area contributed by atoms with Crippen molar-refractivity contribution in [1.82, 2.24) is 0 Å². The second-order valence-electron chi connectivity index (χ2n) is 5.03. The molecule has 0 aromatic heterocycles. The van der Waals surface area contributed by atoms with Gasteiger partial charge in [-0.3, -0.25) is 9.59 Å². The Morgan fingerprint density at radius 2 is 1.77 bits per heavy atom. The summed E-state index contributed by atoms with van der Waals surface area (Å²) in [7, 11) is 0. The summed E-state index contributed by atoms with van der Waals surface area (Å²) in [6.07, 6.45) is 3.60. The highest BCUT2D eigenvalue weighted by molar-refractivity contribution is 5.92. The summed E-state index contributed by atoms with van der Waals surface area (Å²) < 4.78 is 0. The molecule has 13 heavy (non-hydrogen) atoms. The maximum atomic E-state index is 11.7. The molecule has 0 aromatic carbocycles. The predicted octanol–water partition coefficient (Wildman–Crippen LogP) is 2.11. The molecule has 2 saturated carbocycles. The number of carbonyl (C=O) groups is 2. The van der Waals surface area contributed by atoms with Crippen molar-refractivity contribution in [1.29, 1.82) is 0 Å². The molecule has 0 N–H and O–H groups in total. The number of carbonyl (C=O) groups excluding carboxylic acids is 2. The summed E-state index contributed by atoms with van der Waals surface area (Å²) in [6, 6.07) is 0. The Morgan fingerprint density at radius 1 is 1.08 bits per heavy atom. The fourth-order valence-corrected chi connectivity index (χ4v) is 2.92. The van der Waals surface area contributed by atoms with Crippen LogP contribution in [0.25, 0.3) is 0 Å². The number of Topliss-reactive ketones (excluding diaryl/α,β-unsaturated/α-hetero) is 2. The Kier molecular flexibility index (Phi) is 1.67. The van der Waals surface area contributed by atoms with Crippen molar-refractivity contribution in [2.45, 2.75) is 46.0 Å². The van der Waals surface area contributed by atoms with Gasteiger partial charge < -0.3 is 0 Å². The van der Waals surface area contributed by atoms with E-state index in [4.69, 9.17) is 0 Å². The molecule has 0 amide bonds. The van der Waals surface area contributed by atoms with Crippen molar-refractivity contribution in [2.24, 2.45) is 10.8 Å². The van der Waals surface area contributed by atoms with Crippen LogP contribution >= 0.6 is 0 Å². The molecule has 0 spiro atoms. The Balaban J connectivity index is 2.37. The van der Waals surface area contributed by atoms with E-state index in [1.54, 1.807) is 0 Å². The monoisotopic (exact) mass is 180 g/mol. The molecule has 0 saturated heterocycles. The van der Waals surface area contributed by atoms with Gasteiger partial charge in [-0.15, -0.1) is 0 Å². The first-order valence-electron chi connectivity index (χ1n) is 5.03. The topological polar surface area (TPSA) is 34.1 Å². The molecular weight excluding hydrogens is 164 g/mol. The number of fused-ring (bicyclic) bond motifs is 1. The van der Waals surface area contributed by atoms with E-state index in [1.807, 2.05) is 0 Å². The number of ketones is 2. The van der Waals surface area contributed by atoms with Crippen molar-refractivity contribution < 1.29 is 9.59 Å². The Hall–Kier alpha value is -0.660. The van der Waals surface area contributed by atoms with Gasteiger partial charge in [-0.1, -0.05) is 13.8 Å². The van der Waals surface area contributed by atoms with E-state index in [-0.39, 0.29) is 10.8 Å². The van der Waals surface area contributed by atoms with E-state index in [0.29, 0.717) is 30.8 Å². The van der Waals surface area contributed by atoms with Crippen LogP contribution < -0.4 is 0 Å². The zero-order valence-electron chi connectivity index (χ0n) is 8.35. The molecule has 2 atom stereocenters. The lowest BCUT2D eigenvalue weighted by Gasteiger charge is -2.43. The molecule has 0 aliphatic heterocycles. The Labute approximate surface area is 78.7 Å². The van der Waals surface area contributed by atoms with E-state index in [0.717, 1.165) is 12.8 Å². The molecule has 2 unspecified atom stereocenters. The second-order valence-corrected chi connectivity index (χ2v) is 5.03. The van der Waals surface area contributed by atoms with Gasteiger partial charge in [0, 0.05) is 24.7 Å². The van der Waals surface area contributed by atoms with Gasteiger partial charge in [-0.05, 0) is 18.3 Å². The predicted molar refractivity (Wildman–Crippen MR) is 49.3 cm³/mol. The van der Waals surface area contributed by atoms with Gasteiger partial charge in [-0.2, -0.15) is 0 Å². The Bertz CT molecular complexity index is 282.